The molecule has 0 bridgehead atoms. The van der Waals surface area contributed by atoms with Crippen LogP contribution in [0.15, 0.2) is 182 Å². The van der Waals surface area contributed by atoms with Crippen molar-refractivity contribution in [3.8, 4) is 33.6 Å². The molecule has 0 saturated carbocycles. The summed E-state index contributed by atoms with van der Waals surface area (Å²) in [4.78, 5) is 0. The standard InChI is InChI=1S/C48H30N2S/c1-3-14-31(15-4-1)35-28-29-43(48-47(35)39-20-9-12-25-45(39)51-48)50-41-23-11-8-19-38(41)46-34(21-13-24-42(46)50)32-26-27-37-36-18-7-10-22-40(36)49(44(37)30-32)33-16-5-2-6-17-33/h1-30H. The van der Waals surface area contributed by atoms with Crippen LogP contribution in [0.1, 0.15) is 0 Å². The summed E-state index contributed by atoms with van der Waals surface area (Å²) in [5.74, 6) is 0. The molecular formula is C48H30N2S. The summed E-state index contributed by atoms with van der Waals surface area (Å²) in [7, 11) is 0. The Morgan fingerprint density at radius 1 is 0.353 bits per heavy atom. The van der Waals surface area contributed by atoms with Gasteiger partial charge in [0.05, 0.1) is 32.5 Å². The van der Waals surface area contributed by atoms with Crippen LogP contribution in [0.5, 0.6) is 0 Å². The van der Waals surface area contributed by atoms with Gasteiger partial charge in [-0.25, -0.2) is 0 Å². The number of fused-ring (bicyclic) bond motifs is 9. The number of benzene rings is 8. The van der Waals surface area contributed by atoms with Crippen molar-refractivity contribution in [2.45, 2.75) is 0 Å². The topological polar surface area (TPSA) is 9.86 Å². The Kier molecular flexibility index (Phi) is 6.16. The van der Waals surface area contributed by atoms with Crippen LogP contribution in [0, 0.1) is 0 Å². The molecule has 0 aliphatic heterocycles. The van der Waals surface area contributed by atoms with Crippen molar-refractivity contribution in [1.82, 2.24) is 9.13 Å². The molecule has 0 spiro atoms. The summed E-state index contributed by atoms with van der Waals surface area (Å²) in [6.07, 6.45) is 0. The maximum atomic E-state index is 2.50. The van der Waals surface area contributed by atoms with E-state index in [0.717, 1.165) is 0 Å². The van der Waals surface area contributed by atoms with Gasteiger partial charge in [0.2, 0.25) is 0 Å². The first-order valence-corrected chi connectivity index (χ1v) is 18.3. The lowest BCUT2D eigenvalue weighted by molar-refractivity contribution is 1.18. The highest BCUT2D eigenvalue weighted by Gasteiger charge is 2.21. The van der Waals surface area contributed by atoms with Crippen molar-refractivity contribution in [2.24, 2.45) is 0 Å². The number of thiophene rings is 1. The Morgan fingerprint density at radius 2 is 0.980 bits per heavy atom. The number of aromatic nitrogens is 2. The third-order valence-corrected chi connectivity index (χ3v) is 11.7. The second kappa shape index (κ2) is 11.0. The van der Waals surface area contributed by atoms with Crippen LogP contribution in [0.3, 0.4) is 0 Å². The molecule has 0 N–H and O–H groups in total. The fraction of sp³-hybridized carbons (Fsp3) is 0. The molecule has 0 aliphatic carbocycles. The minimum atomic E-state index is 1.17. The van der Waals surface area contributed by atoms with Gasteiger partial charge in [0.25, 0.3) is 0 Å². The Balaban J connectivity index is 1.21. The Bertz CT molecular complexity index is 3130. The number of para-hydroxylation sites is 3. The van der Waals surface area contributed by atoms with E-state index in [1.54, 1.807) is 0 Å². The monoisotopic (exact) mass is 666 g/mol. The lowest BCUT2D eigenvalue weighted by atomic mass is 9.98. The molecule has 0 atom stereocenters. The van der Waals surface area contributed by atoms with Gasteiger partial charge >= 0.3 is 0 Å². The Hall–Kier alpha value is -6.42. The minimum absolute atomic E-state index is 1.17. The second-order valence-electron chi connectivity index (χ2n) is 13.3. The van der Waals surface area contributed by atoms with E-state index in [-0.39, 0.29) is 0 Å². The molecule has 0 fully saturated rings. The molecule has 2 nitrogen and oxygen atoms in total. The number of hydrogen-bond donors (Lipinski definition) is 0. The highest BCUT2D eigenvalue weighted by atomic mass is 32.1. The zero-order valence-corrected chi connectivity index (χ0v) is 28.4. The van der Waals surface area contributed by atoms with Crippen molar-refractivity contribution >= 4 is 75.1 Å². The van der Waals surface area contributed by atoms with E-state index in [4.69, 9.17) is 0 Å². The van der Waals surface area contributed by atoms with Gasteiger partial charge in [0.15, 0.2) is 0 Å². The summed E-state index contributed by atoms with van der Waals surface area (Å²) in [5.41, 5.74) is 12.2. The quantitative estimate of drug-likeness (QED) is 0.177. The van der Waals surface area contributed by atoms with E-state index in [2.05, 4.69) is 191 Å². The third-order valence-electron chi connectivity index (χ3n) is 10.5. The maximum absolute atomic E-state index is 2.50. The van der Waals surface area contributed by atoms with E-state index < -0.39 is 0 Å². The summed E-state index contributed by atoms with van der Waals surface area (Å²) in [6.45, 7) is 0. The lowest BCUT2D eigenvalue weighted by Crippen LogP contribution is -1.95. The predicted octanol–water partition coefficient (Wildman–Crippen LogP) is 13.6. The number of hydrogen-bond acceptors (Lipinski definition) is 1. The molecule has 51 heavy (non-hydrogen) atoms. The summed E-state index contributed by atoms with van der Waals surface area (Å²) in [5, 5.41) is 7.69. The van der Waals surface area contributed by atoms with Crippen molar-refractivity contribution in [3.05, 3.63) is 182 Å². The fourth-order valence-corrected chi connectivity index (χ4v) is 9.59. The molecule has 8 aromatic carbocycles. The highest BCUT2D eigenvalue weighted by Crippen LogP contribution is 2.46. The minimum Gasteiger partial charge on any atom is -0.309 e. The van der Waals surface area contributed by atoms with Gasteiger partial charge in [-0.2, -0.15) is 0 Å². The number of rotatable bonds is 4. The molecule has 0 saturated heterocycles. The first-order chi connectivity index (χ1) is 25.3. The predicted molar refractivity (Wildman–Crippen MR) is 219 cm³/mol. The molecule has 3 heteroatoms. The lowest BCUT2D eigenvalue weighted by Gasteiger charge is -2.13. The van der Waals surface area contributed by atoms with E-state index >= 15 is 0 Å². The molecule has 0 radical (unpaired) electrons. The van der Waals surface area contributed by atoms with Gasteiger partial charge in [-0.3, -0.25) is 0 Å². The van der Waals surface area contributed by atoms with Gasteiger partial charge < -0.3 is 9.13 Å². The van der Waals surface area contributed by atoms with Crippen molar-refractivity contribution in [1.29, 1.82) is 0 Å². The average Bonchev–Trinajstić information content (AvgIpc) is 3.86. The van der Waals surface area contributed by atoms with E-state index in [1.165, 1.54) is 97.4 Å². The summed E-state index contributed by atoms with van der Waals surface area (Å²) >= 11 is 1.89. The maximum Gasteiger partial charge on any atom is 0.0641 e. The van der Waals surface area contributed by atoms with Gasteiger partial charge in [-0.15, -0.1) is 11.3 Å². The average molecular weight is 667 g/mol. The summed E-state index contributed by atoms with van der Waals surface area (Å²) in [6, 6.07) is 66.5. The van der Waals surface area contributed by atoms with Gasteiger partial charge in [-0.05, 0) is 70.8 Å². The normalized spacial score (nSPS) is 11.9. The van der Waals surface area contributed by atoms with Crippen LogP contribution in [0.25, 0.3) is 97.4 Å². The van der Waals surface area contributed by atoms with E-state index in [0.29, 0.717) is 0 Å². The van der Waals surface area contributed by atoms with Gasteiger partial charge in [0, 0.05) is 42.7 Å². The van der Waals surface area contributed by atoms with Crippen LogP contribution >= 0.6 is 11.3 Å². The SMILES string of the molecule is c1ccc(-c2ccc(-n3c4ccccc4c4c(-c5ccc6c7ccccc7n(-c7ccccc7)c6c5)cccc43)c3sc4ccccc4c23)cc1. The van der Waals surface area contributed by atoms with Crippen molar-refractivity contribution in [3.63, 3.8) is 0 Å². The molecule has 0 amide bonds. The van der Waals surface area contributed by atoms with Gasteiger partial charge in [0.1, 0.15) is 0 Å². The van der Waals surface area contributed by atoms with Crippen LogP contribution in [-0.4, -0.2) is 9.13 Å². The van der Waals surface area contributed by atoms with Crippen molar-refractivity contribution < 1.29 is 0 Å². The molecule has 3 aromatic heterocycles. The van der Waals surface area contributed by atoms with Crippen LogP contribution in [0.4, 0.5) is 0 Å². The zero-order chi connectivity index (χ0) is 33.5. The number of nitrogens with zero attached hydrogens (tertiary/aromatic N) is 2. The Morgan fingerprint density at radius 3 is 1.80 bits per heavy atom. The van der Waals surface area contributed by atoms with E-state index in [1.807, 2.05) is 11.3 Å². The fourth-order valence-electron chi connectivity index (χ4n) is 8.36. The molecule has 238 valence electrons. The van der Waals surface area contributed by atoms with Gasteiger partial charge in [-0.1, -0.05) is 133 Å². The molecule has 0 aliphatic rings. The molecule has 3 heterocycles. The van der Waals surface area contributed by atoms with Crippen LogP contribution < -0.4 is 0 Å². The first-order valence-electron chi connectivity index (χ1n) is 17.4. The third kappa shape index (κ3) is 4.16. The first kappa shape index (κ1) is 28.4. The zero-order valence-electron chi connectivity index (χ0n) is 27.6. The van der Waals surface area contributed by atoms with E-state index in [9.17, 15) is 0 Å². The van der Waals surface area contributed by atoms with Crippen LogP contribution in [-0.2, 0) is 0 Å². The largest absolute Gasteiger partial charge is 0.309 e. The second-order valence-corrected chi connectivity index (χ2v) is 14.3. The molecule has 0 unspecified atom stereocenters. The highest BCUT2D eigenvalue weighted by molar-refractivity contribution is 7.26. The summed E-state index contributed by atoms with van der Waals surface area (Å²) < 4.78 is 7.52. The molecule has 11 aromatic rings. The van der Waals surface area contributed by atoms with Crippen molar-refractivity contribution in [2.75, 3.05) is 0 Å². The molecular weight excluding hydrogens is 637 g/mol. The Labute approximate surface area is 298 Å². The molecule has 11 rings (SSSR count). The van der Waals surface area contributed by atoms with Crippen LogP contribution in [0.2, 0.25) is 0 Å². The smallest absolute Gasteiger partial charge is 0.0641 e.